The van der Waals surface area contributed by atoms with Crippen molar-refractivity contribution in [1.29, 1.82) is 0 Å². The highest BCUT2D eigenvalue weighted by atomic mass is 16.4. The number of carbonyl (C=O) groups is 1. The van der Waals surface area contributed by atoms with Gasteiger partial charge in [0.2, 0.25) is 0 Å². The Morgan fingerprint density at radius 3 is 2.31 bits per heavy atom. The van der Waals surface area contributed by atoms with E-state index in [0.29, 0.717) is 41.4 Å². The van der Waals surface area contributed by atoms with Crippen LogP contribution in [-0.4, -0.2) is 33.5 Å². The first-order valence-corrected chi connectivity index (χ1v) is 12.3. The van der Waals surface area contributed by atoms with Crippen LogP contribution in [0.2, 0.25) is 0 Å². The fourth-order valence-corrected chi connectivity index (χ4v) is 9.48. The number of aliphatic hydroxyl groups is 2. The lowest BCUT2D eigenvalue weighted by Crippen LogP contribution is -2.58. The maximum atomic E-state index is 11.4. The first-order valence-electron chi connectivity index (χ1n) is 12.3. The molecule has 5 saturated carbocycles. The lowest BCUT2D eigenvalue weighted by molar-refractivity contribution is -0.174. The molecule has 4 heteroatoms. The molecule has 5 fully saturated rings. The minimum atomic E-state index is -0.605. The highest BCUT2D eigenvalue weighted by Crippen LogP contribution is 2.69. The maximum absolute atomic E-state index is 11.4. The number of hydrogen-bond acceptors (Lipinski definition) is 3. The first-order chi connectivity index (χ1) is 13.7. The van der Waals surface area contributed by atoms with Gasteiger partial charge in [-0.15, -0.1) is 0 Å². The third-order valence-electron chi connectivity index (χ3n) is 11.2. The van der Waals surface area contributed by atoms with Crippen LogP contribution < -0.4 is 0 Å². The summed E-state index contributed by atoms with van der Waals surface area (Å²) in [6.07, 6.45) is 9.08. The molecular formula is C25H40O4. The molecule has 5 aliphatic rings. The van der Waals surface area contributed by atoms with Gasteiger partial charge in [-0.25, -0.2) is 0 Å². The first kappa shape index (κ1) is 20.3. The van der Waals surface area contributed by atoms with Gasteiger partial charge in [0.25, 0.3) is 0 Å². The number of rotatable bonds is 3. The van der Waals surface area contributed by atoms with E-state index in [4.69, 9.17) is 0 Å². The topological polar surface area (TPSA) is 77.8 Å². The Bertz CT molecular complexity index is 678. The number of aliphatic carboxylic acids is 1. The van der Waals surface area contributed by atoms with E-state index in [1.807, 2.05) is 0 Å². The average Bonchev–Trinajstić information content (AvgIpc) is 3.39. The average molecular weight is 405 g/mol. The molecule has 0 aromatic heterocycles. The van der Waals surface area contributed by atoms with Crippen LogP contribution in [0.1, 0.15) is 78.6 Å². The normalized spacial score (nSPS) is 57.3. The van der Waals surface area contributed by atoms with Gasteiger partial charge in [-0.3, -0.25) is 4.79 Å². The van der Waals surface area contributed by atoms with Crippen LogP contribution >= 0.6 is 0 Å². The van der Waals surface area contributed by atoms with Crippen molar-refractivity contribution in [2.45, 2.75) is 90.8 Å². The van der Waals surface area contributed by atoms with Crippen LogP contribution in [0.15, 0.2) is 0 Å². The molecule has 5 rings (SSSR count). The Kier molecular flexibility index (Phi) is 4.68. The second-order valence-corrected chi connectivity index (χ2v) is 12.2. The van der Waals surface area contributed by atoms with Crippen molar-refractivity contribution in [3.05, 3.63) is 0 Å². The van der Waals surface area contributed by atoms with E-state index in [1.165, 1.54) is 25.7 Å². The molecule has 164 valence electrons. The molecule has 0 heterocycles. The second-order valence-electron chi connectivity index (χ2n) is 12.2. The fourth-order valence-electron chi connectivity index (χ4n) is 9.48. The van der Waals surface area contributed by atoms with E-state index in [-0.39, 0.29) is 29.0 Å². The molecule has 5 aliphatic carbocycles. The molecule has 0 saturated heterocycles. The highest BCUT2D eigenvalue weighted by molar-refractivity contribution is 5.73. The zero-order chi connectivity index (χ0) is 20.7. The van der Waals surface area contributed by atoms with Gasteiger partial charge < -0.3 is 15.3 Å². The van der Waals surface area contributed by atoms with Gasteiger partial charge in [0.1, 0.15) is 0 Å². The maximum Gasteiger partial charge on any atom is 0.306 e. The molecule has 0 aromatic carbocycles. The largest absolute Gasteiger partial charge is 0.481 e. The van der Waals surface area contributed by atoms with Gasteiger partial charge in [-0.1, -0.05) is 20.8 Å². The molecule has 29 heavy (non-hydrogen) atoms. The van der Waals surface area contributed by atoms with Crippen molar-refractivity contribution in [3.63, 3.8) is 0 Å². The summed E-state index contributed by atoms with van der Waals surface area (Å²) in [7, 11) is 0. The van der Waals surface area contributed by atoms with E-state index in [2.05, 4.69) is 20.8 Å². The minimum Gasteiger partial charge on any atom is -0.481 e. The van der Waals surface area contributed by atoms with Gasteiger partial charge in [0, 0.05) is 0 Å². The molecule has 0 aromatic rings. The lowest BCUT2D eigenvalue weighted by atomic mass is 9.43. The summed E-state index contributed by atoms with van der Waals surface area (Å²) in [6.45, 7) is 7.26. The third kappa shape index (κ3) is 2.87. The van der Waals surface area contributed by atoms with Gasteiger partial charge in [0.15, 0.2) is 0 Å². The zero-order valence-corrected chi connectivity index (χ0v) is 18.4. The predicted molar refractivity (Wildman–Crippen MR) is 111 cm³/mol. The van der Waals surface area contributed by atoms with Crippen molar-refractivity contribution in [1.82, 2.24) is 0 Å². The summed E-state index contributed by atoms with van der Waals surface area (Å²) in [4.78, 5) is 11.4. The van der Waals surface area contributed by atoms with E-state index in [1.54, 1.807) is 0 Å². The van der Waals surface area contributed by atoms with Crippen LogP contribution in [0, 0.1) is 58.2 Å². The molecule has 0 amide bonds. The zero-order valence-electron chi connectivity index (χ0n) is 18.4. The molecule has 0 aliphatic heterocycles. The molecule has 3 N–H and O–H groups in total. The summed E-state index contributed by atoms with van der Waals surface area (Å²) in [5.74, 6) is 2.76. The number of carboxylic acid groups (broad SMARTS) is 1. The lowest BCUT2D eigenvalue weighted by Gasteiger charge is -2.62. The third-order valence-corrected chi connectivity index (χ3v) is 11.2. The van der Waals surface area contributed by atoms with Crippen molar-refractivity contribution < 1.29 is 20.1 Å². The summed E-state index contributed by atoms with van der Waals surface area (Å²) >= 11 is 0. The molecule has 0 radical (unpaired) electrons. The van der Waals surface area contributed by atoms with Crippen molar-refractivity contribution in [2.75, 3.05) is 0 Å². The van der Waals surface area contributed by atoms with E-state index in [9.17, 15) is 20.1 Å². The van der Waals surface area contributed by atoms with Crippen LogP contribution in [0.3, 0.4) is 0 Å². The molecule has 4 unspecified atom stereocenters. The van der Waals surface area contributed by atoms with Crippen LogP contribution in [0.5, 0.6) is 0 Å². The predicted octanol–water partition coefficient (Wildman–Crippen LogP) is 4.33. The van der Waals surface area contributed by atoms with Crippen LogP contribution in [0.4, 0.5) is 0 Å². The fraction of sp³-hybridized carbons (Fsp3) is 0.960. The van der Waals surface area contributed by atoms with Crippen molar-refractivity contribution in [2.24, 2.45) is 58.2 Å². The summed E-state index contributed by atoms with van der Waals surface area (Å²) in [6, 6.07) is 0. The minimum absolute atomic E-state index is 0.113. The number of aliphatic hydroxyl groups excluding tert-OH is 2. The van der Waals surface area contributed by atoms with Gasteiger partial charge in [-0.2, -0.15) is 0 Å². The number of hydrogen-bond donors (Lipinski definition) is 3. The highest BCUT2D eigenvalue weighted by Gasteiger charge is 2.64. The Balaban J connectivity index is 1.39. The number of carboxylic acids is 1. The van der Waals surface area contributed by atoms with Gasteiger partial charge in [0.05, 0.1) is 18.1 Å². The Morgan fingerprint density at radius 2 is 1.62 bits per heavy atom. The van der Waals surface area contributed by atoms with E-state index in [0.717, 1.165) is 32.1 Å². The SMILES string of the molecule is C[C@@H](C1CCC2C3C(CC[C@@]21C)[C@@]1(C)CC[C@@H](O)C[C@H]1C[C@H]3O)[C@@H]1C[C@H]1C(=O)O. The molecule has 0 bridgehead atoms. The van der Waals surface area contributed by atoms with E-state index >= 15 is 0 Å². The van der Waals surface area contributed by atoms with Gasteiger partial charge >= 0.3 is 5.97 Å². The summed E-state index contributed by atoms with van der Waals surface area (Å²) in [5.41, 5.74) is 0.531. The van der Waals surface area contributed by atoms with E-state index < -0.39 is 5.97 Å². The smallest absolute Gasteiger partial charge is 0.306 e. The van der Waals surface area contributed by atoms with Crippen LogP contribution in [0.25, 0.3) is 0 Å². The van der Waals surface area contributed by atoms with Crippen molar-refractivity contribution in [3.8, 4) is 0 Å². The van der Waals surface area contributed by atoms with Gasteiger partial charge in [-0.05, 0) is 110 Å². The van der Waals surface area contributed by atoms with Crippen molar-refractivity contribution >= 4 is 5.97 Å². The standard InChI is InChI=1S/C25H40O4/c1-13(16-12-17(16)23(28)29)18-4-5-19-22-20(7-9-25(18,19)3)24(2)8-6-15(26)10-14(24)11-21(22)27/h13-22,26-27H,4-12H2,1-3H3,(H,28,29)/t13-,14+,15-,16+,17-,18?,19?,20?,21-,22?,24+,25-/m1/s1. The molecule has 4 nitrogen and oxygen atoms in total. The summed E-state index contributed by atoms with van der Waals surface area (Å²) < 4.78 is 0. The Labute approximate surface area is 175 Å². The summed E-state index contributed by atoms with van der Waals surface area (Å²) in [5, 5.41) is 30.9. The number of fused-ring (bicyclic) bond motifs is 5. The Morgan fingerprint density at radius 1 is 0.931 bits per heavy atom. The monoisotopic (exact) mass is 404 g/mol. The quantitative estimate of drug-likeness (QED) is 0.654. The molecule has 12 atom stereocenters. The molecule has 0 spiro atoms. The Hall–Kier alpha value is -0.610. The molecular weight excluding hydrogens is 364 g/mol. The van der Waals surface area contributed by atoms with Crippen LogP contribution in [-0.2, 0) is 4.79 Å². The second kappa shape index (κ2) is 6.69.